The molecule has 0 N–H and O–H groups in total. The number of carbonyl (C=O) groups excluding carboxylic acids is 1. The first-order valence-corrected chi connectivity index (χ1v) is 9.25. The fourth-order valence-corrected chi connectivity index (χ4v) is 4.16. The first kappa shape index (κ1) is 15.6. The molecule has 5 heteroatoms. The van der Waals surface area contributed by atoms with Crippen LogP contribution in [0.1, 0.15) is 73.1 Å². The fraction of sp³-hybridized carbons (Fsp3) is 0.632. The van der Waals surface area contributed by atoms with Crippen molar-refractivity contribution in [3.05, 3.63) is 23.0 Å². The van der Waals surface area contributed by atoms with Crippen molar-refractivity contribution in [2.45, 2.75) is 64.3 Å². The van der Waals surface area contributed by atoms with Crippen molar-refractivity contribution in [1.29, 1.82) is 0 Å². The number of pyridine rings is 1. The van der Waals surface area contributed by atoms with Crippen molar-refractivity contribution >= 4 is 16.9 Å². The molecular formula is C19H26N4O. The summed E-state index contributed by atoms with van der Waals surface area (Å²) in [5, 5.41) is 5.45. The molecule has 0 spiro atoms. The molecule has 2 fully saturated rings. The van der Waals surface area contributed by atoms with E-state index in [9.17, 15) is 4.79 Å². The van der Waals surface area contributed by atoms with Crippen molar-refractivity contribution in [3.8, 4) is 0 Å². The number of aryl methyl sites for hydroxylation is 2. The second kappa shape index (κ2) is 5.87. The van der Waals surface area contributed by atoms with Crippen molar-refractivity contribution in [1.82, 2.24) is 19.7 Å². The number of rotatable bonds is 4. The summed E-state index contributed by atoms with van der Waals surface area (Å²) in [7, 11) is 1.92. The van der Waals surface area contributed by atoms with E-state index in [2.05, 4.69) is 23.0 Å². The third kappa shape index (κ3) is 2.50. The van der Waals surface area contributed by atoms with Gasteiger partial charge in [0, 0.05) is 31.2 Å². The van der Waals surface area contributed by atoms with Gasteiger partial charge in [0.25, 0.3) is 5.91 Å². The highest BCUT2D eigenvalue weighted by Crippen LogP contribution is 2.40. The molecule has 2 aromatic heterocycles. The molecule has 0 unspecified atom stereocenters. The van der Waals surface area contributed by atoms with Gasteiger partial charge in [-0.05, 0) is 45.6 Å². The second-order valence-electron chi connectivity index (χ2n) is 7.31. The lowest BCUT2D eigenvalue weighted by Gasteiger charge is -2.28. The Balaban J connectivity index is 1.82. The van der Waals surface area contributed by atoms with E-state index in [0.29, 0.717) is 12.0 Å². The topological polar surface area (TPSA) is 51.0 Å². The number of amides is 1. The molecule has 2 aliphatic carbocycles. The van der Waals surface area contributed by atoms with Gasteiger partial charge in [-0.3, -0.25) is 9.48 Å². The Kier molecular flexibility index (Phi) is 3.82. The SMILES string of the molecule is CCN(C(=O)c1cc(C2CC2)nc2c1c(C)nn2C)C1CCCC1. The van der Waals surface area contributed by atoms with Crippen LogP contribution >= 0.6 is 0 Å². The average molecular weight is 326 g/mol. The minimum Gasteiger partial charge on any atom is -0.336 e. The minimum absolute atomic E-state index is 0.162. The standard InChI is InChI=1S/C19H26N4O/c1-4-23(14-7-5-6-8-14)19(24)15-11-16(13-9-10-13)20-18-17(15)12(2)21-22(18)3/h11,13-14H,4-10H2,1-3H3. The van der Waals surface area contributed by atoms with Crippen molar-refractivity contribution in [2.24, 2.45) is 7.05 Å². The van der Waals surface area contributed by atoms with E-state index in [1.807, 2.05) is 18.7 Å². The molecule has 0 radical (unpaired) electrons. The van der Waals surface area contributed by atoms with Gasteiger partial charge in [-0.25, -0.2) is 4.98 Å². The number of nitrogens with zero attached hydrogens (tertiary/aromatic N) is 4. The Morgan fingerprint density at radius 1 is 1.29 bits per heavy atom. The van der Waals surface area contributed by atoms with Crippen LogP contribution in [0.4, 0.5) is 0 Å². The fourth-order valence-electron chi connectivity index (χ4n) is 4.16. The Labute approximate surface area is 143 Å². The highest BCUT2D eigenvalue weighted by atomic mass is 16.2. The molecule has 1 amide bonds. The third-order valence-corrected chi connectivity index (χ3v) is 5.58. The Hall–Kier alpha value is -1.91. The summed E-state index contributed by atoms with van der Waals surface area (Å²) in [6.45, 7) is 4.83. The summed E-state index contributed by atoms with van der Waals surface area (Å²) in [5.41, 5.74) is 3.62. The molecule has 5 nitrogen and oxygen atoms in total. The van der Waals surface area contributed by atoms with Gasteiger partial charge in [0.2, 0.25) is 0 Å². The van der Waals surface area contributed by atoms with Crippen LogP contribution < -0.4 is 0 Å². The minimum atomic E-state index is 0.162. The third-order valence-electron chi connectivity index (χ3n) is 5.58. The van der Waals surface area contributed by atoms with E-state index in [1.165, 1.54) is 25.7 Å². The van der Waals surface area contributed by atoms with Gasteiger partial charge in [-0.2, -0.15) is 5.10 Å². The molecule has 0 bridgehead atoms. The predicted octanol–water partition coefficient (Wildman–Crippen LogP) is 3.56. The van der Waals surface area contributed by atoms with Gasteiger partial charge in [0.1, 0.15) is 0 Å². The van der Waals surface area contributed by atoms with Crippen LogP contribution in [0.5, 0.6) is 0 Å². The molecule has 2 aromatic rings. The number of fused-ring (bicyclic) bond motifs is 1. The summed E-state index contributed by atoms with van der Waals surface area (Å²) < 4.78 is 1.82. The second-order valence-corrected chi connectivity index (χ2v) is 7.31. The molecule has 2 saturated carbocycles. The first-order chi connectivity index (χ1) is 11.6. The highest BCUT2D eigenvalue weighted by Gasteiger charge is 2.31. The van der Waals surface area contributed by atoms with Crippen molar-refractivity contribution in [2.75, 3.05) is 6.54 Å². The van der Waals surface area contributed by atoms with E-state index in [1.54, 1.807) is 0 Å². The van der Waals surface area contributed by atoms with Gasteiger partial charge >= 0.3 is 0 Å². The lowest BCUT2D eigenvalue weighted by atomic mass is 10.0. The molecule has 0 aromatic carbocycles. The van der Waals surface area contributed by atoms with E-state index in [-0.39, 0.29) is 5.91 Å². The van der Waals surface area contributed by atoms with Crippen LogP contribution in [0.15, 0.2) is 6.07 Å². The number of aromatic nitrogens is 3. The van der Waals surface area contributed by atoms with Gasteiger partial charge in [-0.1, -0.05) is 12.8 Å². The molecule has 0 atom stereocenters. The molecule has 0 aliphatic heterocycles. The highest BCUT2D eigenvalue weighted by molar-refractivity contribution is 6.06. The zero-order valence-corrected chi connectivity index (χ0v) is 14.9. The van der Waals surface area contributed by atoms with Crippen LogP contribution in [-0.2, 0) is 7.05 Å². The summed E-state index contributed by atoms with van der Waals surface area (Å²) in [6.07, 6.45) is 7.11. The number of hydrogen-bond acceptors (Lipinski definition) is 3. The zero-order valence-electron chi connectivity index (χ0n) is 14.9. The Bertz CT molecular complexity index is 784. The van der Waals surface area contributed by atoms with Crippen LogP contribution in [-0.4, -0.2) is 38.2 Å². The van der Waals surface area contributed by atoms with Crippen LogP contribution in [0, 0.1) is 6.92 Å². The van der Waals surface area contributed by atoms with Crippen molar-refractivity contribution in [3.63, 3.8) is 0 Å². The molecule has 2 aliphatic rings. The molecular weight excluding hydrogens is 300 g/mol. The normalized spacial score (nSPS) is 18.5. The maximum absolute atomic E-state index is 13.4. The van der Waals surface area contributed by atoms with Crippen LogP contribution in [0.3, 0.4) is 0 Å². The van der Waals surface area contributed by atoms with Crippen molar-refractivity contribution < 1.29 is 4.79 Å². The average Bonchev–Trinajstić information content (AvgIpc) is 3.22. The first-order valence-electron chi connectivity index (χ1n) is 9.25. The largest absolute Gasteiger partial charge is 0.336 e. The summed E-state index contributed by atoms with van der Waals surface area (Å²) >= 11 is 0. The maximum atomic E-state index is 13.4. The number of carbonyl (C=O) groups is 1. The molecule has 0 saturated heterocycles. The molecule has 24 heavy (non-hydrogen) atoms. The zero-order chi connectivity index (χ0) is 16.8. The van der Waals surface area contributed by atoms with Crippen LogP contribution in [0.2, 0.25) is 0 Å². The van der Waals surface area contributed by atoms with Gasteiger partial charge in [0.15, 0.2) is 5.65 Å². The van der Waals surface area contributed by atoms with Gasteiger partial charge < -0.3 is 4.90 Å². The van der Waals surface area contributed by atoms with E-state index >= 15 is 0 Å². The lowest BCUT2D eigenvalue weighted by Crippen LogP contribution is -2.38. The van der Waals surface area contributed by atoms with E-state index in [0.717, 1.165) is 47.4 Å². The molecule has 2 heterocycles. The predicted molar refractivity (Wildman–Crippen MR) is 94.2 cm³/mol. The summed E-state index contributed by atoms with van der Waals surface area (Å²) in [5.74, 6) is 0.688. The summed E-state index contributed by atoms with van der Waals surface area (Å²) in [4.78, 5) is 20.3. The molecule has 4 rings (SSSR count). The quantitative estimate of drug-likeness (QED) is 0.863. The van der Waals surface area contributed by atoms with Crippen LogP contribution in [0.25, 0.3) is 11.0 Å². The van der Waals surface area contributed by atoms with E-state index < -0.39 is 0 Å². The Morgan fingerprint density at radius 2 is 2.00 bits per heavy atom. The maximum Gasteiger partial charge on any atom is 0.254 e. The summed E-state index contributed by atoms with van der Waals surface area (Å²) in [6, 6.07) is 2.45. The molecule has 128 valence electrons. The van der Waals surface area contributed by atoms with E-state index in [4.69, 9.17) is 4.98 Å². The Morgan fingerprint density at radius 3 is 2.62 bits per heavy atom. The monoisotopic (exact) mass is 326 g/mol. The van der Waals surface area contributed by atoms with Gasteiger partial charge in [-0.15, -0.1) is 0 Å². The smallest absolute Gasteiger partial charge is 0.254 e. The van der Waals surface area contributed by atoms with Gasteiger partial charge in [0.05, 0.1) is 16.6 Å². The lowest BCUT2D eigenvalue weighted by molar-refractivity contribution is 0.0695. The number of hydrogen-bond donors (Lipinski definition) is 0.